The zero-order chi connectivity index (χ0) is 26.7. The Balaban J connectivity index is 1.72. The van der Waals surface area contributed by atoms with Crippen molar-refractivity contribution in [3.8, 4) is 0 Å². The van der Waals surface area contributed by atoms with E-state index in [1.54, 1.807) is 27.7 Å². The lowest BCUT2D eigenvalue weighted by Crippen LogP contribution is -2.49. The lowest BCUT2D eigenvalue weighted by molar-refractivity contribution is 0.0597. The zero-order valence-electron chi connectivity index (χ0n) is 21.1. The van der Waals surface area contributed by atoms with E-state index in [2.05, 4.69) is 5.32 Å². The van der Waals surface area contributed by atoms with Crippen molar-refractivity contribution < 1.29 is 14.3 Å². The molecular formula is C27H30Cl2N4O4. The Morgan fingerprint density at radius 3 is 2.41 bits per heavy atom. The number of ether oxygens (including phenoxy) is 1. The second-order valence-electron chi connectivity index (χ2n) is 9.06. The maximum Gasteiger partial charge on any atom is 0.345 e. The standard InChI is InChI=1S/C27H30Cl2N4O4/c1-17-5-8-22-19(15-17)24(23(27(36)37-3)26(35)33(22)10-4-9-30-2)31-11-13-32(14-12-31)25(34)18-6-7-20(28)21(29)16-18/h5-8,15-16,30H,4,9-14H2,1-3H3. The number of hydrogen-bond donors (Lipinski definition) is 1. The molecule has 10 heteroatoms. The maximum absolute atomic E-state index is 13.7. The van der Waals surface area contributed by atoms with Gasteiger partial charge in [0, 0.05) is 43.7 Å². The zero-order valence-corrected chi connectivity index (χ0v) is 22.7. The van der Waals surface area contributed by atoms with Crippen molar-refractivity contribution in [2.75, 3.05) is 51.8 Å². The molecule has 1 aliphatic heterocycles. The third-order valence-corrected chi connectivity index (χ3v) is 7.38. The molecule has 1 saturated heterocycles. The molecule has 0 spiro atoms. The molecule has 37 heavy (non-hydrogen) atoms. The molecule has 1 aliphatic rings. The Bertz CT molecular complexity index is 1400. The highest BCUT2D eigenvalue weighted by Crippen LogP contribution is 2.32. The Morgan fingerprint density at radius 1 is 1.03 bits per heavy atom. The Hall–Kier alpha value is -3.07. The monoisotopic (exact) mass is 544 g/mol. The number of rotatable bonds is 7. The van der Waals surface area contributed by atoms with Gasteiger partial charge in [0.05, 0.1) is 28.4 Å². The average Bonchev–Trinajstić information content (AvgIpc) is 2.90. The number of hydrogen-bond acceptors (Lipinski definition) is 6. The minimum Gasteiger partial charge on any atom is -0.465 e. The van der Waals surface area contributed by atoms with Crippen LogP contribution in [0.2, 0.25) is 10.0 Å². The molecule has 0 saturated carbocycles. The van der Waals surface area contributed by atoms with Gasteiger partial charge in [-0.15, -0.1) is 0 Å². The van der Waals surface area contributed by atoms with Crippen LogP contribution in [0.15, 0.2) is 41.2 Å². The first-order valence-electron chi connectivity index (χ1n) is 12.2. The van der Waals surface area contributed by atoms with Crippen LogP contribution in [0.4, 0.5) is 5.69 Å². The summed E-state index contributed by atoms with van der Waals surface area (Å²) in [6.07, 6.45) is 0.731. The Kier molecular flexibility index (Phi) is 8.42. The second kappa shape index (κ2) is 11.5. The summed E-state index contributed by atoms with van der Waals surface area (Å²) in [5.41, 5.74) is 2.45. The number of nitrogens with zero attached hydrogens (tertiary/aromatic N) is 3. The number of amides is 1. The van der Waals surface area contributed by atoms with E-state index < -0.39 is 5.97 Å². The number of pyridine rings is 1. The summed E-state index contributed by atoms with van der Waals surface area (Å²) in [5.74, 6) is -0.813. The lowest BCUT2D eigenvalue weighted by atomic mass is 10.0. The molecule has 1 fully saturated rings. The molecule has 0 bridgehead atoms. The molecule has 1 aromatic heterocycles. The summed E-state index contributed by atoms with van der Waals surface area (Å²) >= 11 is 12.1. The van der Waals surface area contributed by atoms with Crippen molar-refractivity contribution in [1.29, 1.82) is 0 Å². The van der Waals surface area contributed by atoms with E-state index in [1.165, 1.54) is 7.11 Å². The third kappa shape index (κ3) is 5.46. The maximum atomic E-state index is 13.7. The quantitative estimate of drug-likeness (QED) is 0.358. The summed E-state index contributed by atoms with van der Waals surface area (Å²) in [4.78, 5) is 43.5. The SMILES string of the molecule is CNCCCn1c(=O)c(C(=O)OC)c(N2CCN(C(=O)c3ccc(Cl)c(Cl)c3)CC2)c2cc(C)ccc21. The van der Waals surface area contributed by atoms with Crippen LogP contribution in [-0.2, 0) is 11.3 Å². The van der Waals surface area contributed by atoms with Crippen molar-refractivity contribution >= 4 is 51.7 Å². The van der Waals surface area contributed by atoms with Gasteiger partial charge in [-0.3, -0.25) is 9.59 Å². The van der Waals surface area contributed by atoms with Crippen LogP contribution in [0.25, 0.3) is 10.9 Å². The fourth-order valence-corrected chi connectivity index (χ4v) is 5.05. The number of benzene rings is 2. The summed E-state index contributed by atoms with van der Waals surface area (Å²) in [5, 5.41) is 4.62. The molecule has 1 amide bonds. The van der Waals surface area contributed by atoms with Gasteiger partial charge in [-0.1, -0.05) is 34.8 Å². The van der Waals surface area contributed by atoms with Gasteiger partial charge in [0.2, 0.25) is 0 Å². The number of halogens is 2. The summed E-state index contributed by atoms with van der Waals surface area (Å²) in [7, 11) is 3.14. The van der Waals surface area contributed by atoms with Crippen LogP contribution >= 0.6 is 23.2 Å². The number of aryl methyl sites for hydroxylation is 2. The molecule has 2 heterocycles. The Labute approximate surface area is 225 Å². The van der Waals surface area contributed by atoms with Crippen molar-refractivity contribution in [3.63, 3.8) is 0 Å². The predicted molar refractivity (Wildman–Crippen MR) is 147 cm³/mol. The number of piperazine rings is 1. The molecular weight excluding hydrogens is 515 g/mol. The van der Waals surface area contributed by atoms with Gasteiger partial charge in [-0.05, 0) is 57.3 Å². The Morgan fingerprint density at radius 2 is 1.76 bits per heavy atom. The van der Waals surface area contributed by atoms with Gasteiger partial charge < -0.3 is 24.4 Å². The number of carbonyl (C=O) groups excluding carboxylic acids is 2. The predicted octanol–water partition coefficient (Wildman–Crippen LogP) is 3.98. The number of aromatic nitrogens is 1. The minimum absolute atomic E-state index is 0.0225. The van der Waals surface area contributed by atoms with Crippen molar-refractivity contribution in [2.45, 2.75) is 19.9 Å². The molecule has 4 rings (SSSR count). The number of methoxy groups -OCH3 is 1. The lowest BCUT2D eigenvalue weighted by Gasteiger charge is -2.37. The van der Waals surface area contributed by atoms with E-state index in [4.69, 9.17) is 27.9 Å². The highest BCUT2D eigenvalue weighted by molar-refractivity contribution is 6.42. The van der Waals surface area contributed by atoms with E-state index in [-0.39, 0.29) is 17.0 Å². The van der Waals surface area contributed by atoms with Gasteiger partial charge in [0.15, 0.2) is 0 Å². The first-order chi connectivity index (χ1) is 17.8. The van der Waals surface area contributed by atoms with E-state index in [0.717, 1.165) is 29.4 Å². The van der Waals surface area contributed by atoms with Gasteiger partial charge in [0.1, 0.15) is 5.56 Å². The molecule has 3 aromatic rings. The fraction of sp³-hybridized carbons (Fsp3) is 0.370. The number of carbonyl (C=O) groups is 2. The van der Waals surface area contributed by atoms with Gasteiger partial charge in [-0.25, -0.2) is 4.79 Å². The molecule has 2 aromatic carbocycles. The normalized spacial score (nSPS) is 13.8. The van der Waals surface area contributed by atoms with Crippen LogP contribution in [0.5, 0.6) is 0 Å². The average molecular weight is 545 g/mol. The van der Waals surface area contributed by atoms with Crippen molar-refractivity contribution in [2.24, 2.45) is 0 Å². The van der Waals surface area contributed by atoms with Crippen molar-refractivity contribution in [3.05, 3.63) is 73.5 Å². The van der Waals surface area contributed by atoms with Crippen LogP contribution in [0.1, 0.15) is 32.7 Å². The summed E-state index contributed by atoms with van der Waals surface area (Å²) in [6, 6.07) is 10.7. The van der Waals surface area contributed by atoms with Gasteiger partial charge in [-0.2, -0.15) is 0 Å². The topological polar surface area (TPSA) is 83.9 Å². The second-order valence-corrected chi connectivity index (χ2v) is 9.87. The first kappa shape index (κ1) is 27.0. The van der Waals surface area contributed by atoms with E-state index in [0.29, 0.717) is 54.0 Å². The minimum atomic E-state index is -0.667. The van der Waals surface area contributed by atoms with E-state index in [9.17, 15) is 14.4 Å². The molecule has 0 radical (unpaired) electrons. The van der Waals surface area contributed by atoms with Crippen LogP contribution < -0.4 is 15.8 Å². The van der Waals surface area contributed by atoms with Gasteiger partial charge in [0.25, 0.3) is 11.5 Å². The molecule has 0 unspecified atom stereocenters. The molecule has 0 atom stereocenters. The molecule has 0 aliphatic carbocycles. The van der Waals surface area contributed by atoms with Crippen LogP contribution in [0.3, 0.4) is 0 Å². The fourth-order valence-electron chi connectivity index (χ4n) is 4.75. The highest BCUT2D eigenvalue weighted by Gasteiger charge is 2.30. The third-order valence-electron chi connectivity index (χ3n) is 6.64. The summed E-state index contributed by atoms with van der Waals surface area (Å²) < 4.78 is 6.73. The number of nitrogens with one attached hydrogen (secondary N) is 1. The van der Waals surface area contributed by atoms with Gasteiger partial charge >= 0.3 is 5.97 Å². The number of fused-ring (bicyclic) bond motifs is 1. The molecule has 8 nitrogen and oxygen atoms in total. The molecule has 196 valence electrons. The smallest absolute Gasteiger partial charge is 0.345 e. The molecule has 1 N–H and O–H groups in total. The highest BCUT2D eigenvalue weighted by atomic mass is 35.5. The number of anilines is 1. The largest absolute Gasteiger partial charge is 0.465 e. The van der Waals surface area contributed by atoms with Crippen LogP contribution in [0, 0.1) is 6.92 Å². The summed E-state index contributed by atoms with van der Waals surface area (Å²) in [6.45, 7) is 4.91. The van der Waals surface area contributed by atoms with Crippen molar-refractivity contribution in [1.82, 2.24) is 14.8 Å². The van der Waals surface area contributed by atoms with E-state index in [1.807, 2.05) is 37.1 Å². The number of esters is 1. The van der Waals surface area contributed by atoms with Crippen LogP contribution in [-0.4, -0.2) is 68.2 Å². The first-order valence-corrected chi connectivity index (χ1v) is 12.9. The van der Waals surface area contributed by atoms with E-state index >= 15 is 0 Å².